The van der Waals surface area contributed by atoms with Crippen LogP contribution >= 0.6 is 0 Å². The van der Waals surface area contributed by atoms with E-state index in [-0.39, 0.29) is 5.91 Å². The first-order chi connectivity index (χ1) is 6.61. The molecule has 0 saturated carbocycles. The van der Waals surface area contributed by atoms with Crippen LogP contribution in [0.5, 0.6) is 0 Å². The summed E-state index contributed by atoms with van der Waals surface area (Å²) in [7, 11) is 0. The summed E-state index contributed by atoms with van der Waals surface area (Å²) in [5.74, 6) is 0.302. The van der Waals surface area contributed by atoms with E-state index >= 15 is 0 Å². The Morgan fingerprint density at radius 3 is 2.64 bits per heavy atom. The van der Waals surface area contributed by atoms with E-state index in [2.05, 4.69) is 10.8 Å². The zero-order valence-electron chi connectivity index (χ0n) is 9.02. The van der Waals surface area contributed by atoms with Crippen molar-refractivity contribution in [2.75, 3.05) is 19.7 Å². The summed E-state index contributed by atoms with van der Waals surface area (Å²) in [5.41, 5.74) is 4.37. The quantitative estimate of drug-likeness (QED) is 0.514. The van der Waals surface area contributed by atoms with E-state index in [4.69, 9.17) is 4.84 Å². The second-order valence-corrected chi connectivity index (χ2v) is 3.97. The standard InChI is InChI=1S/C10H18N2O2/c1-7(2)6-14-12-10(13)8(3)9-4-11-5-9/h7,11H,4-6H2,1-3H3,(H,12,13). The van der Waals surface area contributed by atoms with Crippen LogP contribution in [0.4, 0.5) is 0 Å². The average Bonchev–Trinajstić information content (AvgIpc) is 2.00. The summed E-state index contributed by atoms with van der Waals surface area (Å²) >= 11 is 0. The first kappa shape index (κ1) is 11.2. The molecule has 1 fully saturated rings. The third-order valence-electron chi connectivity index (χ3n) is 2.13. The maximum absolute atomic E-state index is 11.4. The van der Waals surface area contributed by atoms with Crippen molar-refractivity contribution in [1.82, 2.24) is 10.8 Å². The lowest BCUT2D eigenvalue weighted by molar-refractivity contribution is -0.130. The van der Waals surface area contributed by atoms with Crippen molar-refractivity contribution >= 4 is 5.91 Å². The Morgan fingerprint density at radius 1 is 1.57 bits per heavy atom. The minimum absolute atomic E-state index is 0.123. The van der Waals surface area contributed by atoms with Crippen molar-refractivity contribution < 1.29 is 9.63 Å². The van der Waals surface area contributed by atoms with Gasteiger partial charge in [-0.1, -0.05) is 13.8 Å². The number of amides is 1. The maximum atomic E-state index is 11.4. The third-order valence-corrected chi connectivity index (χ3v) is 2.13. The lowest BCUT2D eigenvalue weighted by atomic mass is 10.0. The molecule has 0 aromatic heterocycles. The minimum atomic E-state index is -0.123. The fourth-order valence-electron chi connectivity index (χ4n) is 1.03. The molecule has 14 heavy (non-hydrogen) atoms. The molecular weight excluding hydrogens is 180 g/mol. The molecule has 4 heteroatoms. The Bertz CT molecular complexity index is 241. The molecule has 0 aromatic rings. The van der Waals surface area contributed by atoms with Crippen LogP contribution < -0.4 is 10.8 Å². The van der Waals surface area contributed by atoms with Crippen LogP contribution in [-0.2, 0) is 9.63 Å². The van der Waals surface area contributed by atoms with Gasteiger partial charge in [-0.2, -0.15) is 0 Å². The molecule has 1 heterocycles. The van der Waals surface area contributed by atoms with Crippen LogP contribution in [0.2, 0.25) is 0 Å². The van der Waals surface area contributed by atoms with E-state index < -0.39 is 0 Å². The number of rotatable bonds is 4. The van der Waals surface area contributed by atoms with Gasteiger partial charge in [0.05, 0.1) is 6.61 Å². The molecule has 1 aliphatic rings. The summed E-state index contributed by atoms with van der Waals surface area (Å²) in [6.45, 7) is 8.09. The maximum Gasteiger partial charge on any atom is 0.270 e. The van der Waals surface area contributed by atoms with Crippen LogP contribution in [0.25, 0.3) is 0 Å². The van der Waals surface area contributed by atoms with Gasteiger partial charge in [-0.15, -0.1) is 0 Å². The molecule has 0 aromatic carbocycles. The summed E-state index contributed by atoms with van der Waals surface area (Å²) in [6, 6.07) is 0. The highest BCUT2D eigenvalue weighted by Gasteiger charge is 2.15. The predicted molar refractivity (Wildman–Crippen MR) is 54.5 cm³/mol. The highest BCUT2D eigenvalue weighted by molar-refractivity contribution is 5.93. The Labute approximate surface area is 84.7 Å². The molecule has 1 aliphatic heterocycles. The molecule has 0 bridgehead atoms. The topological polar surface area (TPSA) is 50.4 Å². The van der Waals surface area contributed by atoms with E-state index in [9.17, 15) is 4.79 Å². The normalized spacial score (nSPS) is 15.3. The van der Waals surface area contributed by atoms with Gasteiger partial charge in [0.1, 0.15) is 0 Å². The predicted octanol–water partition coefficient (Wildman–Crippen LogP) is 0.610. The molecule has 2 N–H and O–H groups in total. The fraction of sp³-hybridized carbons (Fsp3) is 0.700. The van der Waals surface area contributed by atoms with E-state index in [1.54, 1.807) is 0 Å². The molecule has 0 spiro atoms. The highest BCUT2D eigenvalue weighted by atomic mass is 16.6. The van der Waals surface area contributed by atoms with Gasteiger partial charge in [-0.25, -0.2) is 5.48 Å². The van der Waals surface area contributed by atoms with Crippen molar-refractivity contribution in [3.8, 4) is 0 Å². The average molecular weight is 198 g/mol. The van der Waals surface area contributed by atoms with E-state index in [1.165, 1.54) is 0 Å². The van der Waals surface area contributed by atoms with Crippen LogP contribution in [-0.4, -0.2) is 25.6 Å². The van der Waals surface area contributed by atoms with Gasteiger partial charge in [0.2, 0.25) is 0 Å². The number of hydrogen-bond acceptors (Lipinski definition) is 3. The summed E-state index contributed by atoms with van der Waals surface area (Å²) in [4.78, 5) is 16.5. The van der Waals surface area contributed by atoms with Crippen LogP contribution in [0.1, 0.15) is 20.8 Å². The SMILES string of the molecule is CC(C(=O)NOCC(C)C)=C1CNC1. The van der Waals surface area contributed by atoms with Gasteiger partial charge in [0, 0.05) is 18.7 Å². The van der Waals surface area contributed by atoms with Crippen LogP contribution in [0.15, 0.2) is 11.1 Å². The van der Waals surface area contributed by atoms with Crippen molar-refractivity contribution in [2.24, 2.45) is 5.92 Å². The minimum Gasteiger partial charge on any atom is -0.309 e. The monoisotopic (exact) mass is 198 g/mol. The molecular formula is C10H18N2O2. The van der Waals surface area contributed by atoms with Crippen LogP contribution in [0, 0.1) is 5.92 Å². The Morgan fingerprint density at radius 2 is 2.21 bits per heavy atom. The lowest BCUT2D eigenvalue weighted by Crippen LogP contribution is -2.37. The first-order valence-corrected chi connectivity index (χ1v) is 4.92. The largest absolute Gasteiger partial charge is 0.309 e. The Hall–Kier alpha value is -0.870. The molecule has 0 atom stereocenters. The van der Waals surface area contributed by atoms with Gasteiger partial charge in [-0.3, -0.25) is 9.63 Å². The molecule has 0 radical (unpaired) electrons. The zero-order chi connectivity index (χ0) is 10.6. The van der Waals surface area contributed by atoms with Crippen molar-refractivity contribution in [3.05, 3.63) is 11.1 Å². The molecule has 4 nitrogen and oxygen atoms in total. The van der Waals surface area contributed by atoms with Gasteiger partial charge < -0.3 is 5.32 Å². The number of carbonyl (C=O) groups excluding carboxylic acids is 1. The van der Waals surface area contributed by atoms with Crippen molar-refractivity contribution in [2.45, 2.75) is 20.8 Å². The van der Waals surface area contributed by atoms with Crippen molar-refractivity contribution in [1.29, 1.82) is 0 Å². The Kier molecular flexibility index (Phi) is 4.10. The number of hydroxylamine groups is 1. The van der Waals surface area contributed by atoms with Gasteiger partial charge in [0.25, 0.3) is 5.91 Å². The summed E-state index contributed by atoms with van der Waals surface area (Å²) in [5, 5.41) is 3.09. The summed E-state index contributed by atoms with van der Waals surface area (Å²) < 4.78 is 0. The molecule has 0 aliphatic carbocycles. The smallest absolute Gasteiger partial charge is 0.270 e. The van der Waals surface area contributed by atoms with Gasteiger partial charge >= 0.3 is 0 Å². The van der Waals surface area contributed by atoms with E-state index in [0.717, 1.165) is 24.2 Å². The van der Waals surface area contributed by atoms with Crippen molar-refractivity contribution in [3.63, 3.8) is 0 Å². The molecule has 80 valence electrons. The lowest BCUT2D eigenvalue weighted by Gasteiger charge is -2.21. The second kappa shape index (κ2) is 5.12. The highest BCUT2D eigenvalue weighted by Crippen LogP contribution is 2.08. The number of hydrogen-bond donors (Lipinski definition) is 2. The molecule has 1 rings (SSSR count). The van der Waals surface area contributed by atoms with E-state index in [0.29, 0.717) is 12.5 Å². The van der Waals surface area contributed by atoms with E-state index in [1.807, 2.05) is 20.8 Å². The first-order valence-electron chi connectivity index (χ1n) is 4.92. The summed E-state index contributed by atoms with van der Waals surface area (Å²) in [6.07, 6.45) is 0. The zero-order valence-corrected chi connectivity index (χ0v) is 9.02. The molecule has 0 unspecified atom stereocenters. The van der Waals surface area contributed by atoms with Gasteiger partial charge in [-0.05, 0) is 18.4 Å². The van der Waals surface area contributed by atoms with Gasteiger partial charge in [0.15, 0.2) is 0 Å². The second-order valence-electron chi connectivity index (χ2n) is 3.97. The Balaban J connectivity index is 2.28. The third kappa shape index (κ3) is 3.12. The number of nitrogens with one attached hydrogen (secondary N) is 2. The number of carbonyl (C=O) groups is 1. The van der Waals surface area contributed by atoms with Crippen LogP contribution in [0.3, 0.4) is 0 Å². The molecule has 1 saturated heterocycles. The molecule has 1 amide bonds. The fourth-order valence-corrected chi connectivity index (χ4v) is 1.03.